The summed E-state index contributed by atoms with van der Waals surface area (Å²) in [6, 6.07) is 13.6. The van der Waals surface area contributed by atoms with Crippen molar-refractivity contribution >= 4 is 17.9 Å². The smallest absolute Gasteiger partial charge is 0.341 e. The van der Waals surface area contributed by atoms with E-state index in [1.54, 1.807) is 17.8 Å². The van der Waals surface area contributed by atoms with Crippen LogP contribution in [0.5, 0.6) is 0 Å². The van der Waals surface area contributed by atoms with Gasteiger partial charge in [-0.05, 0) is 42.8 Å². The van der Waals surface area contributed by atoms with Gasteiger partial charge in [0.05, 0.1) is 35.7 Å². The van der Waals surface area contributed by atoms with E-state index < -0.39 is 11.9 Å². The van der Waals surface area contributed by atoms with Gasteiger partial charge in [0.15, 0.2) is 0 Å². The summed E-state index contributed by atoms with van der Waals surface area (Å²) in [4.78, 5) is 32.3. The molecule has 0 unspecified atom stereocenters. The van der Waals surface area contributed by atoms with Gasteiger partial charge in [0.1, 0.15) is 0 Å². The van der Waals surface area contributed by atoms with Gasteiger partial charge in [-0.1, -0.05) is 18.2 Å². The first-order valence-electron chi connectivity index (χ1n) is 8.08. The number of aromatic carboxylic acids is 2. The van der Waals surface area contributed by atoms with Gasteiger partial charge >= 0.3 is 17.9 Å². The molecule has 1 aromatic heterocycles. The summed E-state index contributed by atoms with van der Waals surface area (Å²) >= 11 is 0. The van der Waals surface area contributed by atoms with E-state index >= 15 is 0 Å². The van der Waals surface area contributed by atoms with E-state index in [1.165, 1.54) is 25.4 Å². The average Bonchev–Trinajstić information content (AvgIpc) is 3.18. The molecule has 0 atom stereocenters. The number of para-hydroxylation sites is 1. The molecule has 0 amide bonds. The highest BCUT2D eigenvalue weighted by Crippen LogP contribution is 2.10. The number of esters is 1. The summed E-state index contributed by atoms with van der Waals surface area (Å²) in [5, 5.41) is 21.3. The largest absolute Gasteiger partial charge is 0.478 e. The molecular formula is C20H18N2O6. The number of carbonyl (C=O) groups is 3. The van der Waals surface area contributed by atoms with Crippen molar-refractivity contribution < 1.29 is 29.3 Å². The Labute approximate surface area is 160 Å². The molecule has 1 heterocycles. The minimum atomic E-state index is -1.12. The van der Waals surface area contributed by atoms with E-state index in [4.69, 9.17) is 10.2 Å². The number of carboxylic acid groups (broad SMARTS) is 2. The van der Waals surface area contributed by atoms with Gasteiger partial charge < -0.3 is 14.9 Å². The number of rotatable bonds is 4. The molecule has 0 radical (unpaired) electrons. The predicted octanol–water partition coefficient (Wildman–Crippen LogP) is 3.05. The molecule has 0 aliphatic heterocycles. The highest BCUT2D eigenvalue weighted by atomic mass is 16.5. The number of carboxylic acids is 2. The third kappa shape index (κ3) is 5.28. The van der Waals surface area contributed by atoms with E-state index in [9.17, 15) is 14.4 Å². The van der Waals surface area contributed by atoms with Crippen molar-refractivity contribution in [2.75, 3.05) is 7.11 Å². The summed E-state index contributed by atoms with van der Waals surface area (Å²) < 4.78 is 6.22. The van der Waals surface area contributed by atoms with Crippen LogP contribution < -0.4 is 0 Å². The van der Waals surface area contributed by atoms with Gasteiger partial charge in [0.2, 0.25) is 0 Å². The minimum absolute atomic E-state index is 0.00241. The second-order valence-electron chi connectivity index (χ2n) is 5.70. The van der Waals surface area contributed by atoms with Crippen LogP contribution in [0.1, 0.15) is 36.6 Å². The molecule has 0 fully saturated rings. The summed E-state index contributed by atoms with van der Waals surface area (Å²) in [5.41, 5.74) is 1.97. The van der Waals surface area contributed by atoms with Gasteiger partial charge in [-0.2, -0.15) is 5.10 Å². The number of nitrogens with zero attached hydrogens (tertiary/aromatic N) is 2. The first-order chi connectivity index (χ1) is 13.3. The lowest BCUT2D eigenvalue weighted by atomic mass is 10.1. The molecule has 28 heavy (non-hydrogen) atoms. The van der Waals surface area contributed by atoms with E-state index in [0.717, 1.165) is 11.8 Å². The highest BCUT2D eigenvalue weighted by molar-refractivity contribution is 5.94. The number of carbonyl (C=O) groups excluding carboxylic acids is 1. The molecule has 0 spiro atoms. The monoisotopic (exact) mass is 382 g/mol. The van der Waals surface area contributed by atoms with Gasteiger partial charge in [-0.25, -0.2) is 19.1 Å². The van der Waals surface area contributed by atoms with Crippen LogP contribution in [0.15, 0.2) is 60.9 Å². The Morgan fingerprint density at radius 2 is 1.50 bits per heavy atom. The van der Waals surface area contributed by atoms with Gasteiger partial charge in [0.25, 0.3) is 0 Å². The van der Waals surface area contributed by atoms with Gasteiger partial charge in [-0.15, -0.1) is 0 Å². The number of aryl methyl sites for hydroxylation is 1. The summed E-state index contributed by atoms with van der Waals surface area (Å²) in [6.07, 6.45) is 3.12. The number of ether oxygens (including phenoxy) is 1. The maximum absolute atomic E-state index is 11.2. The quantitative estimate of drug-likeness (QED) is 0.666. The Kier molecular flexibility index (Phi) is 6.64. The standard InChI is InChI=1S/C11H10N2O2.C9H8O4/c1-15-11(14)9-7-12-13(8-9)10-5-3-2-4-6-10;1-5-2-6(8(10)11)4-7(3-5)9(12)13/h2-8H,1H3;2-4H,1H3,(H,10,11)(H,12,13). The second kappa shape index (κ2) is 9.13. The maximum Gasteiger partial charge on any atom is 0.341 e. The fourth-order valence-corrected chi connectivity index (χ4v) is 2.30. The van der Waals surface area contributed by atoms with E-state index in [1.807, 2.05) is 30.3 Å². The molecule has 144 valence electrons. The van der Waals surface area contributed by atoms with Gasteiger partial charge in [0, 0.05) is 6.20 Å². The Morgan fingerprint density at radius 3 is 2.00 bits per heavy atom. The summed E-state index contributed by atoms with van der Waals surface area (Å²) in [6.45, 7) is 1.65. The molecule has 3 aromatic rings. The normalized spacial score (nSPS) is 9.79. The van der Waals surface area contributed by atoms with Crippen molar-refractivity contribution in [3.05, 3.63) is 83.2 Å². The molecule has 3 rings (SSSR count). The first kappa shape index (κ1) is 20.4. The number of aromatic nitrogens is 2. The SMILES string of the molecule is COC(=O)c1cnn(-c2ccccc2)c1.Cc1cc(C(=O)O)cc(C(=O)O)c1. The molecule has 8 nitrogen and oxygen atoms in total. The third-order valence-electron chi connectivity index (χ3n) is 3.60. The Morgan fingerprint density at radius 1 is 0.929 bits per heavy atom. The van der Waals surface area contributed by atoms with E-state index in [0.29, 0.717) is 11.1 Å². The van der Waals surface area contributed by atoms with E-state index in [-0.39, 0.29) is 17.1 Å². The Balaban J connectivity index is 0.000000203. The van der Waals surface area contributed by atoms with Crippen molar-refractivity contribution in [3.8, 4) is 5.69 Å². The van der Waals surface area contributed by atoms with Crippen LogP contribution in [0.25, 0.3) is 5.69 Å². The molecule has 0 saturated carbocycles. The summed E-state index contributed by atoms with van der Waals surface area (Å²) in [7, 11) is 1.35. The lowest BCUT2D eigenvalue weighted by Gasteiger charge is -1.99. The van der Waals surface area contributed by atoms with Crippen LogP contribution >= 0.6 is 0 Å². The lowest BCUT2D eigenvalue weighted by molar-refractivity contribution is 0.0599. The highest BCUT2D eigenvalue weighted by Gasteiger charge is 2.09. The zero-order valence-corrected chi connectivity index (χ0v) is 15.2. The first-order valence-corrected chi connectivity index (χ1v) is 8.08. The fraction of sp³-hybridized carbons (Fsp3) is 0.100. The number of hydrogen-bond acceptors (Lipinski definition) is 5. The van der Waals surface area contributed by atoms with Crippen molar-refractivity contribution in [3.63, 3.8) is 0 Å². The Bertz CT molecular complexity index is 963. The molecule has 2 aromatic carbocycles. The molecule has 0 aliphatic carbocycles. The molecule has 0 aliphatic rings. The number of benzene rings is 2. The third-order valence-corrected chi connectivity index (χ3v) is 3.60. The van der Waals surface area contributed by atoms with Crippen LogP contribution in [0.3, 0.4) is 0 Å². The van der Waals surface area contributed by atoms with Crippen molar-refractivity contribution in [2.45, 2.75) is 6.92 Å². The van der Waals surface area contributed by atoms with Crippen LogP contribution in [-0.2, 0) is 4.74 Å². The molecule has 0 bridgehead atoms. The van der Waals surface area contributed by atoms with Crippen LogP contribution in [-0.4, -0.2) is 45.0 Å². The lowest BCUT2D eigenvalue weighted by Crippen LogP contribution is -2.02. The van der Waals surface area contributed by atoms with Crippen molar-refractivity contribution in [1.82, 2.24) is 9.78 Å². The maximum atomic E-state index is 11.2. The molecule has 0 saturated heterocycles. The average molecular weight is 382 g/mol. The van der Waals surface area contributed by atoms with E-state index in [2.05, 4.69) is 9.84 Å². The number of methoxy groups -OCH3 is 1. The fourth-order valence-electron chi connectivity index (χ4n) is 2.30. The molecule has 2 N–H and O–H groups in total. The minimum Gasteiger partial charge on any atom is -0.478 e. The predicted molar refractivity (Wildman–Crippen MR) is 100 cm³/mol. The second-order valence-corrected chi connectivity index (χ2v) is 5.70. The van der Waals surface area contributed by atoms with Crippen molar-refractivity contribution in [2.24, 2.45) is 0 Å². The molecular weight excluding hydrogens is 364 g/mol. The van der Waals surface area contributed by atoms with Crippen LogP contribution in [0.4, 0.5) is 0 Å². The van der Waals surface area contributed by atoms with Gasteiger partial charge in [-0.3, -0.25) is 0 Å². The Hall–Kier alpha value is -3.94. The molecule has 8 heteroatoms. The topological polar surface area (TPSA) is 119 Å². The van der Waals surface area contributed by atoms with Crippen molar-refractivity contribution in [1.29, 1.82) is 0 Å². The zero-order valence-electron chi connectivity index (χ0n) is 15.2. The number of hydrogen-bond donors (Lipinski definition) is 2. The van der Waals surface area contributed by atoms with Crippen LogP contribution in [0.2, 0.25) is 0 Å². The zero-order chi connectivity index (χ0) is 20.7. The summed E-state index contributed by atoms with van der Waals surface area (Å²) in [5.74, 6) is -2.62. The van der Waals surface area contributed by atoms with Crippen LogP contribution in [0, 0.1) is 6.92 Å².